The van der Waals surface area contributed by atoms with Crippen LogP contribution < -0.4 is 0 Å². The van der Waals surface area contributed by atoms with Gasteiger partial charge in [0.2, 0.25) is 0 Å². The molecule has 2 aliphatic heterocycles. The molecule has 2 heterocycles. The normalized spacial score (nSPS) is 20.4. The van der Waals surface area contributed by atoms with Gasteiger partial charge in [-0.3, -0.25) is 0 Å². The summed E-state index contributed by atoms with van der Waals surface area (Å²) in [6.45, 7) is 1.83. The van der Waals surface area contributed by atoms with Crippen molar-refractivity contribution in [3.05, 3.63) is 57.7 Å². The van der Waals surface area contributed by atoms with E-state index in [1.807, 2.05) is 47.7 Å². The van der Waals surface area contributed by atoms with Crippen molar-refractivity contribution in [3.63, 3.8) is 0 Å². The number of rotatable bonds is 2. The van der Waals surface area contributed by atoms with Crippen molar-refractivity contribution in [2.45, 2.75) is 13.0 Å². The molecule has 4 nitrogen and oxygen atoms in total. The van der Waals surface area contributed by atoms with Crippen molar-refractivity contribution in [3.8, 4) is 0 Å². The molecule has 0 aromatic heterocycles. The second-order valence-electron chi connectivity index (χ2n) is 4.65. The lowest BCUT2D eigenvalue weighted by Gasteiger charge is -2.33. The first-order valence-electron chi connectivity index (χ1n) is 6.36. The third-order valence-electron chi connectivity index (χ3n) is 3.41. The van der Waals surface area contributed by atoms with E-state index in [4.69, 9.17) is 16.3 Å². The van der Waals surface area contributed by atoms with E-state index in [0.717, 1.165) is 10.7 Å². The van der Waals surface area contributed by atoms with Gasteiger partial charge in [-0.25, -0.2) is 9.79 Å². The number of methoxy groups -OCH3 is 1. The van der Waals surface area contributed by atoms with Crippen LogP contribution in [-0.2, 0) is 9.53 Å². The molecule has 0 N–H and O–H groups in total. The average Bonchev–Trinajstić information content (AvgIpc) is 2.94. The van der Waals surface area contributed by atoms with E-state index >= 15 is 0 Å². The lowest BCUT2D eigenvalue weighted by Crippen LogP contribution is -2.33. The van der Waals surface area contributed by atoms with E-state index in [1.165, 1.54) is 18.9 Å². The third-order valence-corrected chi connectivity index (χ3v) is 4.43. The molecule has 3 rings (SSSR count). The van der Waals surface area contributed by atoms with E-state index in [1.54, 1.807) is 0 Å². The minimum Gasteiger partial charge on any atom is -0.466 e. The van der Waals surface area contributed by atoms with Gasteiger partial charge >= 0.3 is 5.97 Å². The Morgan fingerprint density at radius 2 is 2.10 bits per heavy atom. The molecule has 2 aliphatic rings. The van der Waals surface area contributed by atoms with E-state index < -0.39 is 0 Å². The van der Waals surface area contributed by atoms with Crippen LogP contribution in [0.4, 0.5) is 0 Å². The van der Waals surface area contributed by atoms with Crippen molar-refractivity contribution < 1.29 is 9.53 Å². The number of amidine groups is 1. The maximum Gasteiger partial charge on any atom is 0.338 e. The summed E-state index contributed by atoms with van der Waals surface area (Å²) in [4.78, 5) is 18.6. The van der Waals surface area contributed by atoms with Gasteiger partial charge in [-0.1, -0.05) is 35.5 Å². The number of thioether (sulfide) groups is 1. The van der Waals surface area contributed by atoms with E-state index in [-0.39, 0.29) is 12.0 Å². The summed E-state index contributed by atoms with van der Waals surface area (Å²) in [5, 5.41) is 3.48. The lowest BCUT2D eigenvalue weighted by molar-refractivity contribution is -0.136. The van der Waals surface area contributed by atoms with Gasteiger partial charge in [0.15, 0.2) is 5.17 Å². The van der Waals surface area contributed by atoms with Crippen LogP contribution in [0, 0.1) is 0 Å². The van der Waals surface area contributed by atoms with Crippen molar-refractivity contribution in [1.29, 1.82) is 0 Å². The number of nitrogens with zero attached hydrogens (tertiary/aromatic N) is 2. The molecule has 1 unspecified atom stereocenters. The zero-order valence-electron chi connectivity index (χ0n) is 11.5. The SMILES string of the molecule is COC(=O)C1=C(C)N=C2SC=CN2C1c1ccc(Cl)cc1. The molecule has 108 valence electrons. The van der Waals surface area contributed by atoms with Crippen LogP contribution in [0.3, 0.4) is 0 Å². The number of ether oxygens (including phenoxy) is 1. The van der Waals surface area contributed by atoms with E-state index in [0.29, 0.717) is 16.3 Å². The Bertz CT molecular complexity index is 679. The van der Waals surface area contributed by atoms with Gasteiger partial charge in [0, 0.05) is 11.2 Å². The Morgan fingerprint density at radius 1 is 1.38 bits per heavy atom. The van der Waals surface area contributed by atoms with Gasteiger partial charge in [0.05, 0.1) is 24.4 Å². The molecule has 0 saturated carbocycles. The van der Waals surface area contributed by atoms with Crippen molar-refractivity contribution in [1.82, 2.24) is 4.90 Å². The number of allylic oxidation sites excluding steroid dienone is 1. The first-order valence-corrected chi connectivity index (χ1v) is 7.62. The Kier molecular flexibility index (Phi) is 3.78. The Morgan fingerprint density at radius 3 is 2.76 bits per heavy atom. The van der Waals surface area contributed by atoms with Crippen molar-refractivity contribution in [2.75, 3.05) is 7.11 Å². The van der Waals surface area contributed by atoms with Crippen LogP contribution in [0.25, 0.3) is 0 Å². The molecular formula is C15H13ClN2O2S. The summed E-state index contributed by atoms with van der Waals surface area (Å²) in [5.41, 5.74) is 2.21. The summed E-state index contributed by atoms with van der Waals surface area (Å²) >= 11 is 7.49. The molecule has 1 aromatic carbocycles. The predicted octanol–water partition coefficient (Wildman–Crippen LogP) is 3.72. The van der Waals surface area contributed by atoms with Crippen LogP contribution >= 0.6 is 23.4 Å². The highest BCUT2D eigenvalue weighted by Gasteiger charge is 2.37. The Balaban J connectivity index is 2.13. The molecule has 0 radical (unpaired) electrons. The van der Waals surface area contributed by atoms with Crippen LogP contribution in [0.2, 0.25) is 5.02 Å². The smallest absolute Gasteiger partial charge is 0.338 e. The number of fused-ring (bicyclic) bond motifs is 1. The maximum absolute atomic E-state index is 12.2. The van der Waals surface area contributed by atoms with Crippen molar-refractivity contribution in [2.24, 2.45) is 4.99 Å². The number of hydrogen-bond donors (Lipinski definition) is 0. The fourth-order valence-corrected chi connectivity index (χ4v) is 3.36. The molecule has 0 aliphatic carbocycles. The van der Waals surface area contributed by atoms with Gasteiger partial charge in [-0.05, 0) is 30.0 Å². The standard InChI is InChI=1S/C15H13ClN2O2S/c1-9-12(14(19)20-2)13(10-3-5-11(16)6-4-10)18-7-8-21-15(18)17-9/h3-8,13H,1-2H3. The highest BCUT2D eigenvalue weighted by atomic mass is 35.5. The Hall–Kier alpha value is -1.72. The molecule has 0 bridgehead atoms. The summed E-state index contributed by atoms with van der Waals surface area (Å²) < 4.78 is 4.93. The average molecular weight is 321 g/mol. The lowest BCUT2D eigenvalue weighted by atomic mass is 9.95. The predicted molar refractivity (Wildman–Crippen MR) is 84.9 cm³/mol. The summed E-state index contributed by atoms with van der Waals surface area (Å²) in [5.74, 6) is -0.361. The third kappa shape index (κ3) is 2.47. The maximum atomic E-state index is 12.2. The van der Waals surface area contributed by atoms with Gasteiger partial charge in [-0.15, -0.1) is 0 Å². The fourth-order valence-electron chi connectivity index (χ4n) is 2.44. The number of hydrogen-bond acceptors (Lipinski definition) is 5. The zero-order chi connectivity index (χ0) is 15.0. The largest absolute Gasteiger partial charge is 0.466 e. The summed E-state index contributed by atoms with van der Waals surface area (Å²) in [7, 11) is 1.38. The zero-order valence-corrected chi connectivity index (χ0v) is 13.1. The molecule has 1 atom stereocenters. The highest BCUT2D eigenvalue weighted by Crippen LogP contribution is 2.41. The number of esters is 1. The molecular weight excluding hydrogens is 308 g/mol. The minimum absolute atomic E-state index is 0.242. The molecule has 6 heteroatoms. The molecule has 0 spiro atoms. The Labute approximate surface area is 132 Å². The number of halogens is 1. The number of benzene rings is 1. The van der Waals surface area contributed by atoms with Gasteiger partial charge < -0.3 is 9.64 Å². The minimum atomic E-state index is -0.361. The van der Waals surface area contributed by atoms with Crippen LogP contribution in [-0.4, -0.2) is 23.1 Å². The van der Waals surface area contributed by atoms with Crippen LogP contribution in [0.5, 0.6) is 0 Å². The molecule has 0 amide bonds. The molecule has 0 saturated heterocycles. The molecule has 1 aromatic rings. The number of aliphatic imine (C=N–C) groups is 1. The first-order chi connectivity index (χ1) is 10.1. The van der Waals surface area contributed by atoms with Gasteiger partial charge in [0.1, 0.15) is 0 Å². The molecule has 0 fully saturated rings. The van der Waals surface area contributed by atoms with Gasteiger partial charge in [-0.2, -0.15) is 0 Å². The highest BCUT2D eigenvalue weighted by molar-refractivity contribution is 8.16. The van der Waals surface area contributed by atoms with Gasteiger partial charge in [0.25, 0.3) is 0 Å². The second-order valence-corrected chi connectivity index (χ2v) is 5.96. The van der Waals surface area contributed by atoms with E-state index in [2.05, 4.69) is 4.99 Å². The fraction of sp³-hybridized carbons (Fsp3) is 0.200. The quantitative estimate of drug-likeness (QED) is 0.779. The number of carbonyl (C=O) groups excluding carboxylic acids is 1. The monoisotopic (exact) mass is 320 g/mol. The summed E-state index contributed by atoms with van der Waals surface area (Å²) in [6.07, 6.45) is 1.93. The van der Waals surface area contributed by atoms with Crippen LogP contribution in [0.1, 0.15) is 18.5 Å². The summed E-state index contributed by atoms with van der Waals surface area (Å²) in [6, 6.07) is 7.23. The van der Waals surface area contributed by atoms with Crippen LogP contribution in [0.15, 0.2) is 52.1 Å². The number of carbonyl (C=O) groups is 1. The van der Waals surface area contributed by atoms with E-state index in [9.17, 15) is 4.79 Å². The molecule has 21 heavy (non-hydrogen) atoms. The topological polar surface area (TPSA) is 41.9 Å². The second kappa shape index (κ2) is 5.58. The van der Waals surface area contributed by atoms with Crippen molar-refractivity contribution >= 4 is 34.5 Å². The first kappa shape index (κ1) is 14.2.